The van der Waals surface area contributed by atoms with Crippen LogP contribution in [0.5, 0.6) is 0 Å². The normalized spacial score (nSPS) is 41.4. The lowest BCUT2D eigenvalue weighted by Gasteiger charge is -2.42. The molecule has 162 valence electrons. The minimum atomic E-state index is -1.84. The summed E-state index contributed by atoms with van der Waals surface area (Å²) in [6.07, 6.45) is 7.52. The van der Waals surface area contributed by atoms with E-state index < -0.39 is 47.0 Å². The Balaban J connectivity index is 1.79. The number of esters is 1. The summed E-state index contributed by atoms with van der Waals surface area (Å²) in [5.74, 6) is -4.31. The number of Topliss-reactive ketones (excluding diaryl/α,β-unsaturated/α-hetero) is 1. The highest BCUT2D eigenvalue weighted by Crippen LogP contribution is 2.60. The zero-order valence-corrected chi connectivity index (χ0v) is 18.5. The molecule has 4 aliphatic rings. The second-order valence-electron chi connectivity index (χ2n) is 8.89. The van der Waals surface area contributed by atoms with E-state index in [1.54, 1.807) is 26.8 Å². The Morgan fingerprint density at radius 3 is 2.67 bits per heavy atom. The van der Waals surface area contributed by atoms with E-state index in [4.69, 9.17) is 25.8 Å². The van der Waals surface area contributed by atoms with Gasteiger partial charge in [-0.15, -0.1) is 0 Å². The summed E-state index contributed by atoms with van der Waals surface area (Å²) in [6, 6.07) is 0. The van der Waals surface area contributed by atoms with Crippen molar-refractivity contribution >= 4 is 23.4 Å². The van der Waals surface area contributed by atoms with E-state index in [-0.39, 0.29) is 5.03 Å². The second-order valence-corrected chi connectivity index (χ2v) is 9.26. The highest BCUT2D eigenvalue weighted by Gasteiger charge is 2.72. The number of rotatable bonds is 3. The van der Waals surface area contributed by atoms with Crippen LogP contribution in [0.25, 0.3) is 0 Å². The van der Waals surface area contributed by atoms with Crippen molar-refractivity contribution in [3.63, 3.8) is 0 Å². The van der Waals surface area contributed by atoms with Crippen molar-refractivity contribution in [1.29, 1.82) is 0 Å². The van der Waals surface area contributed by atoms with Gasteiger partial charge in [0.05, 0.1) is 11.3 Å². The number of cyclic esters (lactones) is 1. The topological polar surface area (TPSA) is 82.1 Å². The number of fused-ring (bicyclic) bond motifs is 5. The van der Waals surface area contributed by atoms with Gasteiger partial charge in [0, 0.05) is 23.0 Å². The van der Waals surface area contributed by atoms with Crippen LogP contribution in [0.15, 0.2) is 46.4 Å². The van der Waals surface area contributed by atoms with Gasteiger partial charge in [-0.2, -0.15) is 0 Å². The number of carbonyl (C=O) groups excluding carboxylic acids is 2. The predicted octanol–water partition coefficient (Wildman–Crippen LogP) is 3.75. The molecule has 0 aromatic rings. The molecule has 2 saturated heterocycles. The van der Waals surface area contributed by atoms with Crippen LogP contribution in [0.4, 0.5) is 0 Å². The molecule has 2 fully saturated rings. The van der Waals surface area contributed by atoms with Gasteiger partial charge in [0.15, 0.2) is 5.79 Å². The number of aliphatic hydroxyl groups is 1. The first-order chi connectivity index (χ1) is 14.0. The molecule has 0 spiro atoms. The lowest BCUT2D eigenvalue weighted by Crippen LogP contribution is -2.56. The molecule has 7 atom stereocenters. The van der Waals surface area contributed by atoms with E-state index in [2.05, 4.69) is 13.8 Å². The van der Waals surface area contributed by atoms with Crippen molar-refractivity contribution in [3.05, 3.63) is 46.4 Å². The van der Waals surface area contributed by atoms with Crippen LogP contribution in [0.1, 0.15) is 41.0 Å². The third-order valence-corrected chi connectivity index (χ3v) is 7.41. The molecule has 0 aromatic heterocycles. The van der Waals surface area contributed by atoms with Gasteiger partial charge in [0.1, 0.15) is 23.4 Å². The van der Waals surface area contributed by atoms with E-state index in [1.807, 2.05) is 12.2 Å². The van der Waals surface area contributed by atoms with Crippen molar-refractivity contribution in [2.45, 2.75) is 58.5 Å². The lowest BCUT2D eigenvalue weighted by molar-refractivity contribution is -0.286. The molecule has 0 saturated carbocycles. The molecule has 3 aliphatic heterocycles. The van der Waals surface area contributed by atoms with E-state index in [0.717, 1.165) is 6.42 Å². The monoisotopic (exact) mass is 434 g/mol. The molecule has 0 bridgehead atoms. The fourth-order valence-corrected chi connectivity index (χ4v) is 5.12. The van der Waals surface area contributed by atoms with E-state index in [1.165, 1.54) is 6.26 Å². The van der Waals surface area contributed by atoms with Gasteiger partial charge in [-0.1, -0.05) is 44.9 Å². The fourth-order valence-electron chi connectivity index (χ4n) is 4.77. The largest absolute Gasteiger partial charge is 0.465 e. The zero-order valence-electron chi connectivity index (χ0n) is 17.8. The number of ether oxygens (including phenoxy) is 3. The smallest absolute Gasteiger partial charge is 0.315 e. The lowest BCUT2D eigenvalue weighted by atomic mass is 9.65. The van der Waals surface area contributed by atoms with E-state index in [9.17, 15) is 14.7 Å². The zero-order chi connectivity index (χ0) is 22.0. The molecule has 0 unspecified atom stereocenters. The Morgan fingerprint density at radius 2 is 2.00 bits per heavy atom. The van der Waals surface area contributed by atoms with E-state index >= 15 is 0 Å². The minimum Gasteiger partial charge on any atom is -0.465 e. The minimum absolute atomic E-state index is 0.00839. The standard InChI is InChI=1S/C23H27ClO6/c1-6-11(2)7-8-14-9-15-16(10-28-14)17-18-21(26)29-13(4)12(3)23(18,27)30-22(17,5)20(25)19(15)24/h7-13,17-18,27H,6H2,1-5H3/b8-7+/t11-,12+,13+,17+,18+,22+,23-/m0/s1. The Bertz CT molecular complexity index is 930. The first-order valence-corrected chi connectivity index (χ1v) is 10.8. The van der Waals surface area contributed by atoms with Crippen molar-refractivity contribution in [2.75, 3.05) is 0 Å². The van der Waals surface area contributed by atoms with Crippen molar-refractivity contribution < 1.29 is 28.9 Å². The highest BCUT2D eigenvalue weighted by molar-refractivity contribution is 6.45. The van der Waals surface area contributed by atoms with Crippen LogP contribution in [0.2, 0.25) is 0 Å². The molecule has 1 N–H and O–H groups in total. The van der Waals surface area contributed by atoms with Crippen molar-refractivity contribution in [3.8, 4) is 0 Å². The number of hydrogen-bond donors (Lipinski definition) is 1. The number of allylic oxidation sites excluding steroid dienone is 4. The SMILES string of the molecule is CC[C@H](C)/C=C/C1=CC2=C(Cl)C(=O)[C@]3(C)O[C@@]4(O)[C@H](C)[C@@H](C)OC(=O)[C@H]4[C@H]3C2=CO1. The quantitative estimate of drug-likeness (QED) is 0.681. The Hall–Kier alpha value is -1.89. The summed E-state index contributed by atoms with van der Waals surface area (Å²) >= 11 is 6.48. The van der Waals surface area contributed by atoms with Crippen molar-refractivity contribution in [1.82, 2.24) is 0 Å². The molecular formula is C23H27ClO6. The molecule has 0 radical (unpaired) electrons. The Morgan fingerprint density at radius 1 is 1.30 bits per heavy atom. The summed E-state index contributed by atoms with van der Waals surface area (Å²) in [4.78, 5) is 26.1. The van der Waals surface area contributed by atoms with Gasteiger partial charge in [-0.05, 0) is 31.9 Å². The fraction of sp³-hybridized carbons (Fsp3) is 0.565. The average Bonchev–Trinajstić information content (AvgIpc) is 2.98. The number of hydrogen-bond acceptors (Lipinski definition) is 6. The summed E-state index contributed by atoms with van der Waals surface area (Å²) < 4.78 is 17.3. The van der Waals surface area contributed by atoms with Crippen LogP contribution in [-0.4, -0.2) is 34.4 Å². The van der Waals surface area contributed by atoms with Gasteiger partial charge in [-0.3, -0.25) is 9.59 Å². The predicted molar refractivity (Wildman–Crippen MR) is 110 cm³/mol. The van der Waals surface area contributed by atoms with Crippen LogP contribution in [0.3, 0.4) is 0 Å². The van der Waals surface area contributed by atoms with Gasteiger partial charge < -0.3 is 19.3 Å². The van der Waals surface area contributed by atoms with Crippen LogP contribution < -0.4 is 0 Å². The molecule has 4 rings (SSSR count). The van der Waals surface area contributed by atoms with Crippen LogP contribution in [-0.2, 0) is 23.8 Å². The third kappa shape index (κ3) is 2.84. The summed E-state index contributed by atoms with van der Waals surface area (Å²) in [6.45, 7) is 9.20. The molecule has 3 heterocycles. The van der Waals surface area contributed by atoms with Crippen LogP contribution in [0, 0.1) is 23.7 Å². The van der Waals surface area contributed by atoms with Gasteiger partial charge in [0.25, 0.3) is 0 Å². The Labute approximate surface area is 181 Å². The number of ketones is 1. The molecular weight excluding hydrogens is 408 g/mol. The maximum Gasteiger partial charge on any atom is 0.315 e. The first-order valence-electron chi connectivity index (χ1n) is 10.4. The molecule has 0 aromatic carbocycles. The van der Waals surface area contributed by atoms with Crippen molar-refractivity contribution in [2.24, 2.45) is 23.7 Å². The van der Waals surface area contributed by atoms with Gasteiger partial charge in [0.2, 0.25) is 5.78 Å². The Kier molecular flexibility index (Phi) is 5.03. The molecule has 7 heteroatoms. The molecule has 6 nitrogen and oxygen atoms in total. The highest BCUT2D eigenvalue weighted by atomic mass is 35.5. The first kappa shape index (κ1) is 21.3. The maximum atomic E-state index is 13.3. The maximum absolute atomic E-state index is 13.3. The van der Waals surface area contributed by atoms with E-state index in [0.29, 0.717) is 22.8 Å². The van der Waals surface area contributed by atoms with Gasteiger partial charge >= 0.3 is 5.97 Å². The number of carbonyl (C=O) groups is 2. The molecule has 30 heavy (non-hydrogen) atoms. The average molecular weight is 435 g/mol. The summed E-state index contributed by atoms with van der Waals surface area (Å²) in [7, 11) is 0. The second kappa shape index (κ2) is 7.08. The van der Waals surface area contributed by atoms with Crippen LogP contribution >= 0.6 is 11.6 Å². The van der Waals surface area contributed by atoms with Gasteiger partial charge in [-0.25, -0.2) is 0 Å². The molecule has 1 aliphatic carbocycles. The third-order valence-electron chi connectivity index (χ3n) is 7.03. The summed E-state index contributed by atoms with van der Waals surface area (Å²) in [5.41, 5.74) is -0.446. The number of halogens is 1. The molecule has 0 amide bonds. The summed E-state index contributed by atoms with van der Waals surface area (Å²) in [5, 5.41) is 11.4.